The third-order valence-electron chi connectivity index (χ3n) is 3.23. The Kier molecular flexibility index (Phi) is 3.72. The number of aromatic nitrogens is 1. The summed E-state index contributed by atoms with van der Waals surface area (Å²) in [6, 6.07) is 14.8. The van der Waals surface area contributed by atoms with Gasteiger partial charge in [-0.05, 0) is 31.5 Å². The fourth-order valence-corrected chi connectivity index (χ4v) is 3.47. The molecule has 100 valence electrons. The second kappa shape index (κ2) is 5.51. The van der Waals surface area contributed by atoms with Crippen LogP contribution in [0.4, 0.5) is 0 Å². The maximum absolute atomic E-state index is 4.78. The Labute approximate surface area is 131 Å². The Balaban J connectivity index is 2.02. The molecule has 3 aromatic rings. The highest BCUT2D eigenvalue weighted by Crippen LogP contribution is 2.31. The number of nitrogens with zero attached hydrogens (tertiary/aromatic N) is 1. The van der Waals surface area contributed by atoms with Crippen molar-refractivity contribution < 1.29 is 0 Å². The van der Waals surface area contributed by atoms with Crippen LogP contribution in [-0.2, 0) is 0 Å². The molecule has 0 aliphatic rings. The fraction of sp³-hybridized carbons (Fsp3) is 0.118. The molecule has 20 heavy (non-hydrogen) atoms. The second-order valence-corrected chi connectivity index (χ2v) is 6.64. The van der Waals surface area contributed by atoms with E-state index in [1.807, 2.05) is 12.1 Å². The van der Waals surface area contributed by atoms with Crippen LogP contribution in [0.5, 0.6) is 0 Å². The first-order valence-corrected chi connectivity index (χ1v) is 8.10. The Morgan fingerprint density at radius 2 is 1.90 bits per heavy atom. The SMILES string of the molecule is Cc1ccc(-c2csc(-c3cccc(Br)c3)n2)c(C)c1. The van der Waals surface area contributed by atoms with Crippen molar-refractivity contribution in [1.29, 1.82) is 0 Å². The van der Waals surface area contributed by atoms with Crippen molar-refractivity contribution in [1.82, 2.24) is 4.98 Å². The third-order valence-corrected chi connectivity index (χ3v) is 4.62. The minimum Gasteiger partial charge on any atom is -0.236 e. The van der Waals surface area contributed by atoms with Crippen LogP contribution < -0.4 is 0 Å². The van der Waals surface area contributed by atoms with E-state index >= 15 is 0 Å². The van der Waals surface area contributed by atoms with E-state index < -0.39 is 0 Å². The van der Waals surface area contributed by atoms with E-state index in [0.29, 0.717) is 0 Å². The Morgan fingerprint density at radius 3 is 2.65 bits per heavy atom. The average molecular weight is 344 g/mol. The van der Waals surface area contributed by atoms with E-state index in [-0.39, 0.29) is 0 Å². The van der Waals surface area contributed by atoms with Gasteiger partial charge in [0.2, 0.25) is 0 Å². The van der Waals surface area contributed by atoms with Crippen molar-refractivity contribution in [3.05, 3.63) is 63.4 Å². The number of aryl methyl sites for hydroxylation is 2. The zero-order chi connectivity index (χ0) is 14.1. The summed E-state index contributed by atoms with van der Waals surface area (Å²) in [5.41, 5.74) is 5.99. The molecule has 0 aliphatic carbocycles. The molecule has 0 saturated carbocycles. The highest BCUT2D eigenvalue weighted by Gasteiger charge is 2.09. The molecule has 0 fully saturated rings. The number of halogens is 1. The molecule has 0 N–H and O–H groups in total. The molecule has 3 heteroatoms. The van der Waals surface area contributed by atoms with Crippen LogP contribution in [-0.4, -0.2) is 4.98 Å². The van der Waals surface area contributed by atoms with Crippen molar-refractivity contribution in [3.63, 3.8) is 0 Å². The van der Waals surface area contributed by atoms with Gasteiger partial charge in [0.25, 0.3) is 0 Å². The second-order valence-electron chi connectivity index (χ2n) is 4.87. The van der Waals surface area contributed by atoms with Crippen LogP contribution in [0.15, 0.2) is 52.3 Å². The molecule has 2 aromatic carbocycles. The summed E-state index contributed by atoms with van der Waals surface area (Å²) in [7, 11) is 0. The normalized spacial score (nSPS) is 10.8. The molecule has 0 bridgehead atoms. The molecular formula is C17H14BrNS. The molecule has 0 spiro atoms. The van der Waals surface area contributed by atoms with E-state index in [9.17, 15) is 0 Å². The summed E-state index contributed by atoms with van der Waals surface area (Å²) in [4.78, 5) is 4.78. The quantitative estimate of drug-likeness (QED) is 0.568. The maximum atomic E-state index is 4.78. The molecule has 0 saturated heterocycles. The molecule has 0 unspecified atom stereocenters. The molecule has 0 aliphatic heterocycles. The molecule has 0 amide bonds. The maximum Gasteiger partial charge on any atom is 0.124 e. The Hall–Kier alpha value is -1.45. The number of thiazole rings is 1. The molecule has 0 radical (unpaired) electrons. The van der Waals surface area contributed by atoms with Crippen LogP contribution in [0.1, 0.15) is 11.1 Å². The van der Waals surface area contributed by atoms with Gasteiger partial charge in [-0.3, -0.25) is 0 Å². The average Bonchev–Trinajstić information content (AvgIpc) is 2.88. The van der Waals surface area contributed by atoms with E-state index in [0.717, 1.165) is 20.7 Å². The van der Waals surface area contributed by atoms with Crippen molar-refractivity contribution in [2.24, 2.45) is 0 Å². The van der Waals surface area contributed by atoms with Crippen LogP contribution >= 0.6 is 27.3 Å². The number of benzene rings is 2. The topological polar surface area (TPSA) is 12.9 Å². The number of rotatable bonds is 2. The van der Waals surface area contributed by atoms with E-state index in [1.54, 1.807) is 11.3 Å². The van der Waals surface area contributed by atoms with Crippen LogP contribution in [0.2, 0.25) is 0 Å². The van der Waals surface area contributed by atoms with Gasteiger partial charge in [-0.2, -0.15) is 0 Å². The van der Waals surface area contributed by atoms with Gasteiger partial charge in [-0.1, -0.05) is 51.8 Å². The van der Waals surface area contributed by atoms with Crippen molar-refractivity contribution in [2.45, 2.75) is 13.8 Å². The lowest BCUT2D eigenvalue weighted by molar-refractivity contribution is 1.34. The molecule has 1 nitrogen and oxygen atoms in total. The van der Waals surface area contributed by atoms with Crippen LogP contribution in [0.25, 0.3) is 21.8 Å². The molecule has 1 heterocycles. The highest BCUT2D eigenvalue weighted by molar-refractivity contribution is 9.10. The third kappa shape index (κ3) is 2.69. The summed E-state index contributed by atoms with van der Waals surface area (Å²) >= 11 is 5.19. The predicted octanol–water partition coefficient (Wildman–Crippen LogP) is 5.86. The lowest BCUT2D eigenvalue weighted by Crippen LogP contribution is -1.85. The highest BCUT2D eigenvalue weighted by atomic mass is 79.9. The summed E-state index contributed by atoms with van der Waals surface area (Å²) in [5.74, 6) is 0. The molecular weight excluding hydrogens is 330 g/mol. The van der Waals surface area contributed by atoms with Gasteiger partial charge in [0, 0.05) is 21.0 Å². The van der Waals surface area contributed by atoms with Gasteiger partial charge in [0.1, 0.15) is 5.01 Å². The minimum absolute atomic E-state index is 1.06. The van der Waals surface area contributed by atoms with Gasteiger partial charge >= 0.3 is 0 Å². The lowest BCUT2D eigenvalue weighted by Gasteiger charge is -2.03. The molecule has 0 atom stereocenters. The van der Waals surface area contributed by atoms with Gasteiger partial charge in [-0.25, -0.2) is 4.98 Å². The number of hydrogen-bond acceptors (Lipinski definition) is 2. The van der Waals surface area contributed by atoms with Crippen molar-refractivity contribution in [3.8, 4) is 21.8 Å². The fourth-order valence-electron chi connectivity index (χ4n) is 2.25. The first kappa shape index (κ1) is 13.5. The monoisotopic (exact) mass is 343 g/mol. The van der Waals surface area contributed by atoms with E-state index in [2.05, 4.69) is 65.5 Å². The number of hydrogen-bond donors (Lipinski definition) is 0. The van der Waals surface area contributed by atoms with Crippen LogP contribution in [0, 0.1) is 13.8 Å². The lowest BCUT2D eigenvalue weighted by atomic mass is 10.0. The minimum atomic E-state index is 1.06. The van der Waals surface area contributed by atoms with Crippen molar-refractivity contribution >= 4 is 27.3 Å². The van der Waals surface area contributed by atoms with Gasteiger partial charge in [0.15, 0.2) is 0 Å². The first-order chi connectivity index (χ1) is 9.63. The summed E-state index contributed by atoms with van der Waals surface area (Å²) in [5, 5.41) is 3.19. The largest absolute Gasteiger partial charge is 0.236 e. The smallest absolute Gasteiger partial charge is 0.124 e. The van der Waals surface area contributed by atoms with Crippen molar-refractivity contribution in [2.75, 3.05) is 0 Å². The first-order valence-electron chi connectivity index (χ1n) is 6.42. The zero-order valence-electron chi connectivity index (χ0n) is 11.4. The molecule has 1 aromatic heterocycles. The van der Waals surface area contributed by atoms with E-state index in [4.69, 9.17) is 4.98 Å². The van der Waals surface area contributed by atoms with Gasteiger partial charge in [-0.15, -0.1) is 11.3 Å². The van der Waals surface area contributed by atoms with Gasteiger partial charge < -0.3 is 0 Å². The van der Waals surface area contributed by atoms with E-state index in [1.165, 1.54) is 16.7 Å². The van der Waals surface area contributed by atoms with Gasteiger partial charge in [0.05, 0.1) is 5.69 Å². The Morgan fingerprint density at radius 1 is 1.05 bits per heavy atom. The summed E-state index contributed by atoms with van der Waals surface area (Å²) in [6.07, 6.45) is 0. The summed E-state index contributed by atoms with van der Waals surface area (Å²) in [6.45, 7) is 4.26. The Bertz CT molecular complexity index is 761. The summed E-state index contributed by atoms with van der Waals surface area (Å²) < 4.78 is 1.08. The predicted molar refractivity (Wildman–Crippen MR) is 90.2 cm³/mol. The van der Waals surface area contributed by atoms with Crippen LogP contribution in [0.3, 0.4) is 0 Å². The zero-order valence-corrected chi connectivity index (χ0v) is 13.8. The standard InChI is InChI=1S/C17H14BrNS/c1-11-6-7-15(12(2)8-11)16-10-20-17(19-16)13-4-3-5-14(18)9-13/h3-10H,1-2H3. The molecule has 3 rings (SSSR count).